The molecule has 0 spiro atoms. The van der Waals surface area contributed by atoms with Crippen molar-refractivity contribution < 1.29 is 4.79 Å². The molecule has 2 nitrogen and oxygen atoms in total. The topological polar surface area (TPSA) is 20.3 Å². The van der Waals surface area contributed by atoms with Crippen LogP contribution in [0.1, 0.15) is 37.3 Å². The van der Waals surface area contributed by atoms with Gasteiger partial charge in [-0.3, -0.25) is 4.79 Å². The van der Waals surface area contributed by atoms with Gasteiger partial charge < -0.3 is 4.90 Å². The second kappa shape index (κ2) is 3.63. The summed E-state index contributed by atoms with van der Waals surface area (Å²) in [6, 6.07) is 2.54. The van der Waals surface area contributed by atoms with Crippen LogP contribution >= 0.6 is 11.3 Å². The van der Waals surface area contributed by atoms with Gasteiger partial charge in [0.05, 0.1) is 6.04 Å². The largest absolute Gasteiger partial charge is 0.335 e. The number of amides is 1. The van der Waals surface area contributed by atoms with Crippen LogP contribution in [-0.2, 0) is 4.79 Å². The van der Waals surface area contributed by atoms with Gasteiger partial charge in [-0.1, -0.05) is 0 Å². The summed E-state index contributed by atoms with van der Waals surface area (Å²) >= 11 is 1.73. The summed E-state index contributed by atoms with van der Waals surface area (Å²) in [5.74, 6) is 0.771. The average Bonchev–Trinajstić information content (AvgIpc) is 2.80. The quantitative estimate of drug-likeness (QED) is 0.752. The number of hydrogen-bond acceptors (Lipinski definition) is 2. The maximum atomic E-state index is 12.0. The van der Waals surface area contributed by atoms with Gasteiger partial charge in [0.1, 0.15) is 0 Å². The molecule has 0 N–H and O–H groups in total. The standard InChI is InChI=1S/C12H15NOS/c14-12(9-3-4-9)13-6-1-2-11(13)10-5-7-15-8-10/h5,7-9,11H,1-4,6H2/t11-/m1/s1. The van der Waals surface area contributed by atoms with E-state index in [2.05, 4.69) is 21.7 Å². The summed E-state index contributed by atoms with van der Waals surface area (Å²) in [7, 11) is 0. The van der Waals surface area contributed by atoms with Crippen molar-refractivity contribution in [3.05, 3.63) is 22.4 Å². The van der Waals surface area contributed by atoms with Gasteiger partial charge in [-0.05, 0) is 48.1 Å². The van der Waals surface area contributed by atoms with Crippen molar-refractivity contribution in [2.24, 2.45) is 5.92 Å². The monoisotopic (exact) mass is 221 g/mol. The molecular weight excluding hydrogens is 206 g/mol. The van der Waals surface area contributed by atoms with E-state index < -0.39 is 0 Å². The van der Waals surface area contributed by atoms with Crippen molar-refractivity contribution in [2.75, 3.05) is 6.54 Å². The second-order valence-electron chi connectivity index (χ2n) is 4.52. The molecule has 0 aromatic carbocycles. The maximum Gasteiger partial charge on any atom is 0.226 e. The molecule has 1 aromatic rings. The predicted octanol–water partition coefficient (Wildman–Crippen LogP) is 2.82. The van der Waals surface area contributed by atoms with E-state index in [1.165, 1.54) is 12.0 Å². The van der Waals surface area contributed by atoms with Gasteiger partial charge in [-0.25, -0.2) is 0 Å². The third-order valence-electron chi connectivity index (χ3n) is 3.39. The highest BCUT2D eigenvalue weighted by Gasteiger charge is 2.38. The molecule has 2 aliphatic rings. The Balaban J connectivity index is 1.79. The normalized spacial score (nSPS) is 25.9. The minimum Gasteiger partial charge on any atom is -0.335 e. The Hall–Kier alpha value is -0.830. The zero-order chi connectivity index (χ0) is 10.3. The van der Waals surface area contributed by atoms with Gasteiger partial charge in [0.2, 0.25) is 5.91 Å². The van der Waals surface area contributed by atoms with Gasteiger partial charge in [-0.15, -0.1) is 0 Å². The number of hydrogen-bond donors (Lipinski definition) is 0. The third-order valence-corrected chi connectivity index (χ3v) is 4.09. The first-order valence-corrected chi connectivity index (χ1v) is 6.63. The maximum absolute atomic E-state index is 12.0. The smallest absolute Gasteiger partial charge is 0.226 e. The van der Waals surface area contributed by atoms with E-state index in [9.17, 15) is 4.79 Å². The van der Waals surface area contributed by atoms with E-state index in [1.807, 2.05) is 0 Å². The molecule has 0 radical (unpaired) electrons. The second-order valence-corrected chi connectivity index (χ2v) is 5.30. The van der Waals surface area contributed by atoms with Gasteiger partial charge >= 0.3 is 0 Å². The van der Waals surface area contributed by atoms with Crippen LogP contribution in [0, 0.1) is 5.92 Å². The molecule has 3 rings (SSSR count). The summed E-state index contributed by atoms with van der Waals surface area (Å²) in [5, 5.41) is 4.29. The molecule has 1 aromatic heterocycles. The summed E-state index contributed by atoms with van der Waals surface area (Å²) in [6.45, 7) is 0.968. The molecule has 0 bridgehead atoms. The van der Waals surface area contributed by atoms with Gasteiger partial charge in [0.15, 0.2) is 0 Å². The van der Waals surface area contributed by atoms with Crippen molar-refractivity contribution in [2.45, 2.75) is 31.7 Å². The first-order chi connectivity index (χ1) is 7.36. The van der Waals surface area contributed by atoms with Crippen molar-refractivity contribution in [1.82, 2.24) is 4.90 Å². The van der Waals surface area contributed by atoms with Crippen LogP contribution in [0.15, 0.2) is 16.8 Å². The van der Waals surface area contributed by atoms with Crippen LogP contribution in [-0.4, -0.2) is 17.4 Å². The fraction of sp³-hybridized carbons (Fsp3) is 0.583. The van der Waals surface area contributed by atoms with Crippen LogP contribution in [0.25, 0.3) is 0 Å². The van der Waals surface area contributed by atoms with Crippen molar-refractivity contribution >= 4 is 17.2 Å². The molecule has 2 fully saturated rings. The minimum absolute atomic E-state index is 0.365. The Bertz CT molecular complexity index is 356. The summed E-state index contributed by atoms with van der Waals surface area (Å²) < 4.78 is 0. The summed E-state index contributed by atoms with van der Waals surface area (Å²) in [5.41, 5.74) is 1.34. The molecule has 2 heterocycles. The molecule has 0 unspecified atom stereocenters. The zero-order valence-corrected chi connectivity index (χ0v) is 9.50. The van der Waals surface area contributed by atoms with Crippen LogP contribution in [0.3, 0.4) is 0 Å². The fourth-order valence-corrected chi connectivity index (χ4v) is 3.11. The van der Waals surface area contributed by atoms with Crippen molar-refractivity contribution in [3.8, 4) is 0 Å². The predicted molar refractivity (Wildman–Crippen MR) is 60.7 cm³/mol. The van der Waals surface area contributed by atoms with Crippen molar-refractivity contribution in [3.63, 3.8) is 0 Å². The van der Waals surface area contributed by atoms with Gasteiger partial charge in [0, 0.05) is 12.5 Å². The highest BCUT2D eigenvalue weighted by Crippen LogP contribution is 2.39. The first kappa shape index (κ1) is 9.40. The number of rotatable bonds is 2. The van der Waals surface area contributed by atoms with Crippen LogP contribution < -0.4 is 0 Å². The summed E-state index contributed by atoms with van der Waals surface area (Å²) in [4.78, 5) is 14.2. The van der Waals surface area contributed by atoms with Crippen LogP contribution in [0.4, 0.5) is 0 Å². The Morgan fingerprint density at radius 1 is 1.40 bits per heavy atom. The zero-order valence-electron chi connectivity index (χ0n) is 8.69. The van der Waals surface area contributed by atoms with E-state index in [-0.39, 0.29) is 0 Å². The molecule has 1 aliphatic carbocycles. The molecule has 1 saturated carbocycles. The number of nitrogens with zero attached hydrogens (tertiary/aromatic N) is 1. The molecule has 1 atom stereocenters. The SMILES string of the molecule is O=C(C1CC1)N1CCC[C@@H]1c1ccsc1. The molecule has 1 aliphatic heterocycles. The highest BCUT2D eigenvalue weighted by molar-refractivity contribution is 7.07. The average molecular weight is 221 g/mol. The number of likely N-dealkylation sites (tertiary alicyclic amines) is 1. The molecule has 15 heavy (non-hydrogen) atoms. The Labute approximate surface area is 93.9 Å². The third kappa shape index (κ3) is 1.69. The highest BCUT2D eigenvalue weighted by atomic mass is 32.1. The van der Waals surface area contributed by atoms with E-state index in [4.69, 9.17) is 0 Å². The number of carbonyl (C=O) groups is 1. The molecule has 3 heteroatoms. The van der Waals surface area contributed by atoms with Crippen LogP contribution in [0.5, 0.6) is 0 Å². The lowest BCUT2D eigenvalue weighted by molar-refractivity contribution is -0.133. The lowest BCUT2D eigenvalue weighted by atomic mass is 10.1. The lowest BCUT2D eigenvalue weighted by Gasteiger charge is -2.24. The Kier molecular flexibility index (Phi) is 2.28. The minimum atomic E-state index is 0.365. The van der Waals surface area contributed by atoms with Gasteiger partial charge in [0.25, 0.3) is 0 Å². The van der Waals surface area contributed by atoms with Crippen molar-refractivity contribution in [1.29, 1.82) is 0 Å². The fourth-order valence-electron chi connectivity index (χ4n) is 2.41. The van der Waals surface area contributed by atoms with E-state index in [1.54, 1.807) is 11.3 Å². The molecule has 1 saturated heterocycles. The Morgan fingerprint density at radius 3 is 2.93 bits per heavy atom. The molecular formula is C12H15NOS. The van der Waals surface area contributed by atoms with Gasteiger partial charge in [-0.2, -0.15) is 11.3 Å². The van der Waals surface area contributed by atoms with E-state index in [0.29, 0.717) is 17.9 Å². The Morgan fingerprint density at radius 2 is 2.27 bits per heavy atom. The van der Waals surface area contributed by atoms with E-state index in [0.717, 1.165) is 25.8 Å². The molecule has 80 valence electrons. The van der Waals surface area contributed by atoms with E-state index >= 15 is 0 Å². The summed E-state index contributed by atoms with van der Waals surface area (Å²) in [6.07, 6.45) is 4.55. The first-order valence-electron chi connectivity index (χ1n) is 5.69. The number of thiophene rings is 1. The number of carbonyl (C=O) groups excluding carboxylic acids is 1. The van der Waals surface area contributed by atoms with Crippen LogP contribution in [0.2, 0.25) is 0 Å². The molecule has 1 amide bonds. The lowest BCUT2D eigenvalue weighted by Crippen LogP contribution is -2.31.